The molecular weight excluding hydrogens is 502 g/mol. The lowest BCUT2D eigenvalue weighted by Gasteiger charge is -2.09. The van der Waals surface area contributed by atoms with E-state index in [2.05, 4.69) is 26.4 Å². The van der Waals surface area contributed by atoms with E-state index >= 15 is 0 Å². The summed E-state index contributed by atoms with van der Waals surface area (Å²) in [5.41, 5.74) is 2.01. The maximum atomic E-state index is 11.9. The Morgan fingerprint density at radius 1 is 1.12 bits per heavy atom. The summed E-state index contributed by atoms with van der Waals surface area (Å²) in [7, 11) is 0. The van der Waals surface area contributed by atoms with E-state index in [9.17, 15) is 14.9 Å². The number of hydrogen-bond acceptors (Lipinski definition) is 6. The molecule has 0 heterocycles. The van der Waals surface area contributed by atoms with Crippen LogP contribution in [-0.2, 0) is 16.2 Å². The zero-order valence-corrected chi connectivity index (χ0v) is 18.9. The van der Waals surface area contributed by atoms with Gasteiger partial charge in [0.25, 0.3) is 11.6 Å². The molecule has 3 aromatic rings. The molecule has 0 aliphatic carbocycles. The van der Waals surface area contributed by atoms with Gasteiger partial charge < -0.3 is 14.9 Å². The van der Waals surface area contributed by atoms with Gasteiger partial charge in [-0.25, -0.2) is 0 Å². The van der Waals surface area contributed by atoms with E-state index in [4.69, 9.17) is 21.2 Å². The highest BCUT2D eigenvalue weighted by molar-refractivity contribution is 9.10. The van der Waals surface area contributed by atoms with Crippen LogP contribution in [0, 0.1) is 10.1 Å². The topological polar surface area (TPSA) is 103 Å². The number of amides is 1. The molecule has 10 heteroatoms. The third-order valence-electron chi connectivity index (χ3n) is 4.10. The number of carbonyl (C=O) groups is 1. The van der Waals surface area contributed by atoms with Crippen LogP contribution in [0.5, 0.6) is 5.75 Å². The Balaban J connectivity index is 1.55. The van der Waals surface area contributed by atoms with Gasteiger partial charge in [-0.1, -0.05) is 32.7 Å². The highest BCUT2D eigenvalue weighted by Gasteiger charge is 2.07. The fourth-order valence-corrected chi connectivity index (χ4v) is 3.05. The van der Waals surface area contributed by atoms with Gasteiger partial charge in [0.2, 0.25) is 0 Å². The molecule has 8 nitrogen and oxygen atoms in total. The maximum Gasteiger partial charge on any atom is 0.269 e. The summed E-state index contributed by atoms with van der Waals surface area (Å²) in [4.78, 5) is 27.3. The van der Waals surface area contributed by atoms with Crippen LogP contribution in [-0.4, -0.2) is 23.7 Å². The maximum absolute atomic E-state index is 11.9. The standard InChI is InChI=1S/C22H17BrClN3O5/c23-17-3-10-21(31-13-15-1-8-20(9-2-15)27(29)30)16(11-17)12-25-32-14-22(28)26-19-6-4-18(24)5-7-19/h1-12H,13-14H2,(H,26,28)/b25-12+. The van der Waals surface area contributed by atoms with Crippen LogP contribution in [0.3, 0.4) is 0 Å². The van der Waals surface area contributed by atoms with Crippen molar-refractivity contribution in [3.63, 3.8) is 0 Å². The van der Waals surface area contributed by atoms with Crippen LogP contribution < -0.4 is 10.1 Å². The lowest BCUT2D eigenvalue weighted by Crippen LogP contribution is -2.16. The monoisotopic (exact) mass is 517 g/mol. The van der Waals surface area contributed by atoms with Crippen molar-refractivity contribution in [2.75, 3.05) is 11.9 Å². The van der Waals surface area contributed by atoms with Crippen LogP contribution in [0.15, 0.2) is 76.4 Å². The average Bonchev–Trinajstić information content (AvgIpc) is 2.78. The van der Waals surface area contributed by atoms with Crippen LogP contribution >= 0.6 is 27.5 Å². The van der Waals surface area contributed by atoms with Crippen LogP contribution in [0.25, 0.3) is 0 Å². The van der Waals surface area contributed by atoms with Crippen molar-refractivity contribution in [3.8, 4) is 5.75 Å². The van der Waals surface area contributed by atoms with Crippen LogP contribution in [0.2, 0.25) is 5.02 Å². The number of nitro benzene ring substituents is 1. The molecule has 3 rings (SSSR count). The number of carbonyl (C=O) groups excluding carboxylic acids is 1. The van der Waals surface area contributed by atoms with Gasteiger partial charge in [-0.2, -0.15) is 0 Å². The summed E-state index contributed by atoms with van der Waals surface area (Å²) in [6, 6.07) is 18.2. The lowest BCUT2D eigenvalue weighted by molar-refractivity contribution is -0.384. The summed E-state index contributed by atoms with van der Waals surface area (Å²) < 4.78 is 6.63. The normalized spacial score (nSPS) is 10.7. The van der Waals surface area contributed by atoms with E-state index in [1.165, 1.54) is 18.3 Å². The van der Waals surface area contributed by atoms with Gasteiger partial charge in [0.15, 0.2) is 6.61 Å². The number of nitro groups is 1. The number of non-ortho nitro benzene ring substituents is 1. The fraction of sp³-hybridized carbons (Fsp3) is 0.0909. The smallest absolute Gasteiger partial charge is 0.269 e. The molecule has 164 valence electrons. The molecule has 1 amide bonds. The van der Waals surface area contributed by atoms with Crippen LogP contribution in [0.1, 0.15) is 11.1 Å². The van der Waals surface area contributed by atoms with Crippen molar-refractivity contribution in [2.45, 2.75) is 6.61 Å². The Bertz CT molecular complexity index is 1120. The molecule has 32 heavy (non-hydrogen) atoms. The zero-order valence-electron chi connectivity index (χ0n) is 16.5. The largest absolute Gasteiger partial charge is 0.488 e. The van der Waals surface area contributed by atoms with E-state index in [1.807, 2.05) is 6.07 Å². The third-order valence-corrected chi connectivity index (χ3v) is 4.85. The molecule has 1 N–H and O–H groups in total. The minimum Gasteiger partial charge on any atom is -0.488 e. The minimum atomic E-state index is -0.455. The summed E-state index contributed by atoms with van der Waals surface area (Å²) >= 11 is 9.21. The molecule has 0 aromatic heterocycles. The first kappa shape index (κ1) is 23.2. The Hall–Kier alpha value is -3.43. The van der Waals surface area contributed by atoms with Crippen LogP contribution in [0.4, 0.5) is 11.4 Å². The second-order valence-corrected chi connectivity index (χ2v) is 7.81. The SMILES string of the molecule is O=C(CO/N=C/c1cc(Br)ccc1OCc1ccc([N+](=O)[O-])cc1)Nc1ccc(Cl)cc1. The summed E-state index contributed by atoms with van der Waals surface area (Å²) in [5, 5.41) is 17.8. The van der Waals surface area contributed by atoms with Crippen molar-refractivity contribution < 1.29 is 19.3 Å². The molecular formula is C22H17BrClN3O5. The number of benzene rings is 3. The number of nitrogens with one attached hydrogen (secondary N) is 1. The molecule has 0 spiro atoms. The number of oxime groups is 1. The molecule has 0 fully saturated rings. The minimum absolute atomic E-state index is 0.0162. The van der Waals surface area contributed by atoms with Crippen molar-refractivity contribution in [2.24, 2.45) is 5.16 Å². The molecule has 0 atom stereocenters. The quantitative estimate of drug-likeness (QED) is 0.226. The van der Waals surface area contributed by atoms with Gasteiger partial charge in [-0.3, -0.25) is 14.9 Å². The van der Waals surface area contributed by atoms with E-state index in [-0.39, 0.29) is 24.8 Å². The van der Waals surface area contributed by atoms with Gasteiger partial charge >= 0.3 is 0 Å². The molecule has 0 radical (unpaired) electrons. The number of nitrogens with zero attached hydrogens (tertiary/aromatic N) is 2. The van der Waals surface area contributed by atoms with E-state index in [0.29, 0.717) is 22.0 Å². The average molecular weight is 519 g/mol. The molecule has 0 aliphatic rings. The van der Waals surface area contributed by atoms with Gasteiger partial charge in [0, 0.05) is 32.9 Å². The first-order valence-electron chi connectivity index (χ1n) is 9.27. The number of rotatable bonds is 9. The van der Waals surface area contributed by atoms with Gasteiger partial charge in [0.05, 0.1) is 11.1 Å². The number of anilines is 1. The molecule has 0 bridgehead atoms. The molecule has 0 saturated heterocycles. The molecule has 0 saturated carbocycles. The molecule has 3 aromatic carbocycles. The number of halogens is 2. The third kappa shape index (κ3) is 7.07. The van der Waals surface area contributed by atoms with Crippen molar-refractivity contribution in [1.82, 2.24) is 0 Å². The second-order valence-electron chi connectivity index (χ2n) is 6.46. The first-order chi connectivity index (χ1) is 15.4. The molecule has 0 unspecified atom stereocenters. The fourth-order valence-electron chi connectivity index (χ4n) is 2.55. The Labute approximate surface area is 197 Å². The first-order valence-corrected chi connectivity index (χ1v) is 10.4. The Morgan fingerprint density at radius 2 is 1.84 bits per heavy atom. The van der Waals surface area contributed by atoms with Crippen molar-refractivity contribution >= 4 is 51.0 Å². The van der Waals surface area contributed by atoms with Gasteiger partial charge in [-0.15, -0.1) is 0 Å². The zero-order chi connectivity index (χ0) is 22.9. The summed E-state index contributed by atoms with van der Waals surface area (Å²) in [6.45, 7) is -0.0586. The second kappa shape index (κ2) is 11.3. The predicted molar refractivity (Wildman–Crippen MR) is 125 cm³/mol. The summed E-state index contributed by atoms with van der Waals surface area (Å²) in [5.74, 6) is 0.165. The highest BCUT2D eigenvalue weighted by atomic mass is 79.9. The Morgan fingerprint density at radius 3 is 2.53 bits per heavy atom. The highest BCUT2D eigenvalue weighted by Crippen LogP contribution is 2.23. The van der Waals surface area contributed by atoms with Gasteiger partial charge in [0.1, 0.15) is 12.4 Å². The van der Waals surface area contributed by atoms with Gasteiger partial charge in [-0.05, 0) is 60.2 Å². The van der Waals surface area contributed by atoms with Crippen molar-refractivity contribution in [1.29, 1.82) is 0 Å². The predicted octanol–water partition coefficient (Wildman–Crippen LogP) is 5.58. The van der Waals surface area contributed by atoms with E-state index in [0.717, 1.165) is 10.0 Å². The lowest BCUT2D eigenvalue weighted by atomic mass is 10.2. The Kier molecular flexibility index (Phi) is 8.18. The van der Waals surface area contributed by atoms with Crippen molar-refractivity contribution in [3.05, 3.63) is 97.5 Å². The summed E-state index contributed by atoms with van der Waals surface area (Å²) in [6.07, 6.45) is 1.44. The number of ether oxygens (including phenoxy) is 1. The van der Waals surface area contributed by atoms with E-state index in [1.54, 1.807) is 48.5 Å². The van der Waals surface area contributed by atoms with E-state index < -0.39 is 4.92 Å². The molecule has 0 aliphatic heterocycles. The number of hydrogen-bond donors (Lipinski definition) is 1.